The molecule has 0 saturated carbocycles. The molecule has 0 radical (unpaired) electrons. The minimum atomic E-state index is -0.857. The first-order valence-corrected chi connectivity index (χ1v) is 5.93. The van der Waals surface area contributed by atoms with E-state index in [4.69, 9.17) is 0 Å². The second-order valence-electron chi connectivity index (χ2n) is 3.59. The first kappa shape index (κ1) is 9.62. The van der Waals surface area contributed by atoms with Crippen molar-refractivity contribution in [3.8, 4) is 0 Å². The van der Waals surface area contributed by atoms with Gasteiger partial charge in [0.2, 0.25) is 0 Å². The summed E-state index contributed by atoms with van der Waals surface area (Å²) in [5.74, 6) is 0.723. The lowest BCUT2D eigenvalue weighted by Crippen LogP contribution is -2.48. The van der Waals surface area contributed by atoms with Gasteiger partial charge in [-0.05, 0) is 11.1 Å². The van der Waals surface area contributed by atoms with E-state index in [9.17, 15) is 9.32 Å². The van der Waals surface area contributed by atoms with Crippen molar-refractivity contribution in [2.45, 2.75) is 5.60 Å². The van der Waals surface area contributed by atoms with Gasteiger partial charge in [0.25, 0.3) is 0 Å². The van der Waals surface area contributed by atoms with Gasteiger partial charge >= 0.3 is 0 Å². The molecule has 0 amide bonds. The van der Waals surface area contributed by atoms with Crippen LogP contribution in [-0.2, 0) is 16.4 Å². The molecule has 0 unspecified atom stereocenters. The van der Waals surface area contributed by atoms with Crippen LogP contribution in [0.4, 0.5) is 0 Å². The summed E-state index contributed by atoms with van der Waals surface area (Å²) in [6, 6.07) is 7.55. The molecule has 2 rings (SSSR count). The summed E-state index contributed by atoms with van der Waals surface area (Å²) in [4.78, 5) is 0. The standard InChI is InChI=1S/C11H12O2S/c1-2-9-3-5-10(6-4-9)11(12)7-14(13)8-11/h2-6,12H,1,7-8H2. The van der Waals surface area contributed by atoms with E-state index in [0.29, 0.717) is 11.5 Å². The van der Waals surface area contributed by atoms with Gasteiger partial charge in [-0.15, -0.1) is 0 Å². The quantitative estimate of drug-likeness (QED) is 0.795. The van der Waals surface area contributed by atoms with E-state index in [1.807, 2.05) is 24.3 Å². The monoisotopic (exact) mass is 208 g/mol. The van der Waals surface area contributed by atoms with E-state index in [1.54, 1.807) is 6.08 Å². The fourth-order valence-corrected chi connectivity index (χ4v) is 2.90. The number of benzene rings is 1. The highest BCUT2D eigenvalue weighted by molar-refractivity contribution is 7.86. The van der Waals surface area contributed by atoms with Crippen LogP contribution in [0.15, 0.2) is 30.8 Å². The smallest absolute Gasteiger partial charge is 0.113 e. The average Bonchev–Trinajstić information content (AvgIpc) is 2.16. The van der Waals surface area contributed by atoms with Crippen molar-refractivity contribution in [1.29, 1.82) is 0 Å². The molecule has 1 saturated heterocycles. The molecule has 0 aliphatic carbocycles. The molecule has 1 heterocycles. The maximum Gasteiger partial charge on any atom is 0.113 e. The highest BCUT2D eigenvalue weighted by Crippen LogP contribution is 2.31. The Balaban J connectivity index is 2.25. The molecule has 1 aliphatic heterocycles. The van der Waals surface area contributed by atoms with Gasteiger partial charge in [0.15, 0.2) is 0 Å². The summed E-state index contributed by atoms with van der Waals surface area (Å²) in [7, 11) is -0.839. The minimum absolute atomic E-state index is 0.362. The zero-order valence-corrected chi connectivity index (χ0v) is 8.59. The second kappa shape index (κ2) is 3.33. The maximum absolute atomic E-state index is 10.9. The second-order valence-corrected chi connectivity index (χ2v) is 5.04. The highest BCUT2D eigenvalue weighted by atomic mass is 32.2. The Bertz CT molecular complexity index is 373. The first-order chi connectivity index (χ1) is 6.64. The van der Waals surface area contributed by atoms with Crippen LogP contribution in [-0.4, -0.2) is 20.8 Å². The van der Waals surface area contributed by atoms with Gasteiger partial charge in [0.05, 0.1) is 11.5 Å². The summed E-state index contributed by atoms with van der Waals surface area (Å²) < 4.78 is 10.9. The molecular formula is C11H12O2S. The highest BCUT2D eigenvalue weighted by Gasteiger charge is 2.42. The van der Waals surface area contributed by atoms with Crippen molar-refractivity contribution in [3.05, 3.63) is 42.0 Å². The maximum atomic E-state index is 10.9. The van der Waals surface area contributed by atoms with Gasteiger partial charge in [-0.2, -0.15) is 0 Å². The van der Waals surface area contributed by atoms with Crippen LogP contribution < -0.4 is 0 Å². The molecule has 2 nitrogen and oxygen atoms in total. The first-order valence-electron chi connectivity index (χ1n) is 4.44. The lowest BCUT2D eigenvalue weighted by Gasteiger charge is -2.35. The van der Waals surface area contributed by atoms with Crippen LogP contribution in [0.25, 0.3) is 6.08 Å². The van der Waals surface area contributed by atoms with Gasteiger partial charge in [0, 0.05) is 10.8 Å². The molecule has 1 N–H and O–H groups in total. The van der Waals surface area contributed by atoms with E-state index < -0.39 is 16.4 Å². The van der Waals surface area contributed by atoms with Gasteiger partial charge in [-0.1, -0.05) is 36.9 Å². The lowest BCUT2D eigenvalue weighted by atomic mass is 9.96. The van der Waals surface area contributed by atoms with Crippen molar-refractivity contribution in [3.63, 3.8) is 0 Å². The summed E-state index contributed by atoms with van der Waals surface area (Å²) in [6.07, 6.45) is 1.76. The Hall–Kier alpha value is -0.930. The van der Waals surface area contributed by atoms with Crippen LogP contribution in [0.2, 0.25) is 0 Å². The molecule has 74 valence electrons. The van der Waals surface area contributed by atoms with E-state index in [2.05, 4.69) is 6.58 Å². The molecule has 0 aromatic heterocycles. The van der Waals surface area contributed by atoms with Crippen LogP contribution >= 0.6 is 0 Å². The Morgan fingerprint density at radius 3 is 2.36 bits per heavy atom. The van der Waals surface area contributed by atoms with Crippen LogP contribution in [0.5, 0.6) is 0 Å². The summed E-state index contributed by atoms with van der Waals surface area (Å²) >= 11 is 0. The molecule has 0 bridgehead atoms. The third kappa shape index (κ3) is 1.53. The number of hydrogen-bond acceptors (Lipinski definition) is 2. The van der Waals surface area contributed by atoms with Crippen molar-refractivity contribution in [2.75, 3.05) is 11.5 Å². The van der Waals surface area contributed by atoms with E-state index >= 15 is 0 Å². The summed E-state index contributed by atoms with van der Waals surface area (Å²) in [6.45, 7) is 3.66. The van der Waals surface area contributed by atoms with Gasteiger partial charge in [-0.3, -0.25) is 4.21 Å². The molecule has 14 heavy (non-hydrogen) atoms. The molecule has 1 aromatic rings. The molecule has 3 heteroatoms. The summed E-state index contributed by atoms with van der Waals surface area (Å²) in [5.41, 5.74) is 1.02. The Kier molecular flexibility index (Phi) is 2.29. The fraction of sp³-hybridized carbons (Fsp3) is 0.273. The minimum Gasteiger partial charge on any atom is -0.383 e. The Morgan fingerprint density at radius 1 is 1.36 bits per heavy atom. The zero-order chi connectivity index (χ0) is 10.2. The molecule has 0 atom stereocenters. The SMILES string of the molecule is C=Cc1ccc(C2(O)CS(=O)C2)cc1. The lowest BCUT2D eigenvalue weighted by molar-refractivity contribution is 0.0729. The molecule has 0 spiro atoms. The van der Waals surface area contributed by atoms with E-state index in [-0.39, 0.29) is 0 Å². The Labute approximate surface area is 85.7 Å². The number of aliphatic hydroxyl groups is 1. The topological polar surface area (TPSA) is 37.3 Å². The molecule has 1 fully saturated rings. The third-order valence-electron chi connectivity index (χ3n) is 2.48. The predicted molar refractivity (Wildman–Crippen MR) is 58.3 cm³/mol. The fourth-order valence-electron chi connectivity index (χ4n) is 1.59. The van der Waals surface area contributed by atoms with Gasteiger partial charge in [-0.25, -0.2) is 0 Å². The molecular weight excluding hydrogens is 196 g/mol. The third-order valence-corrected chi connectivity index (χ3v) is 4.08. The van der Waals surface area contributed by atoms with E-state index in [0.717, 1.165) is 11.1 Å². The number of hydrogen-bond donors (Lipinski definition) is 1. The molecule has 1 aromatic carbocycles. The average molecular weight is 208 g/mol. The largest absolute Gasteiger partial charge is 0.383 e. The molecule has 1 aliphatic rings. The van der Waals surface area contributed by atoms with Crippen LogP contribution in [0.1, 0.15) is 11.1 Å². The van der Waals surface area contributed by atoms with Crippen LogP contribution in [0.3, 0.4) is 0 Å². The normalized spacial score (nSPS) is 30.8. The van der Waals surface area contributed by atoms with E-state index in [1.165, 1.54) is 0 Å². The van der Waals surface area contributed by atoms with Gasteiger partial charge in [0.1, 0.15) is 5.60 Å². The van der Waals surface area contributed by atoms with Crippen molar-refractivity contribution in [1.82, 2.24) is 0 Å². The van der Waals surface area contributed by atoms with Crippen molar-refractivity contribution < 1.29 is 9.32 Å². The van der Waals surface area contributed by atoms with Crippen molar-refractivity contribution in [2.24, 2.45) is 0 Å². The number of rotatable bonds is 2. The predicted octanol–water partition coefficient (Wildman–Crippen LogP) is 1.28. The zero-order valence-electron chi connectivity index (χ0n) is 7.77. The summed E-state index contributed by atoms with van der Waals surface area (Å²) in [5, 5.41) is 10.00. The van der Waals surface area contributed by atoms with Crippen LogP contribution in [0, 0.1) is 0 Å². The van der Waals surface area contributed by atoms with Gasteiger partial charge < -0.3 is 5.11 Å². The Morgan fingerprint density at radius 2 is 1.93 bits per heavy atom. The van der Waals surface area contributed by atoms with Crippen molar-refractivity contribution >= 4 is 16.9 Å².